The van der Waals surface area contributed by atoms with E-state index in [1.165, 1.54) is 6.42 Å². The van der Waals surface area contributed by atoms with Gasteiger partial charge in [0, 0.05) is 10.6 Å². The molecule has 1 fully saturated rings. The van der Waals surface area contributed by atoms with Crippen LogP contribution in [0.4, 0.5) is 0 Å². The Morgan fingerprint density at radius 1 is 1.09 bits per heavy atom. The highest BCUT2D eigenvalue weighted by Gasteiger charge is 2.33. The smallest absolute Gasteiger partial charge is 0.322 e. The number of rotatable bonds is 6. The molecule has 1 saturated carbocycles. The van der Waals surface area contributed by atoms with Gasteiger partial charge in [-0.2, -0.15) is 0 Å². The van der Waals surface area contributed by atoms with Crippen LogP contribution in [0.2, 0.25) is 5.02 Å². The lowest BCUT2D eigenvalue weighted by atomic mass is 9.76. The molecular weight excluding hydrogens is 304 g/mol. The second-order valence-corrected chi connectivity index (χ2v) is 6.11. The summed E-state index contributed by atoms with van der Waals surface area (Å²) in [5.41, 5.74) is 0.895. The van der Waals surface area contributed by atoms with Crippen LogP contribution in [0.15, 0.2) is 24.3 Å². The first-order valence-electron chi connectivity index (χ1n) is 7.51. The predicted octanol–water partition coefficient (Wildman–Crippen LogP) is 2.29. The number of aliphatic carboxylic acids is 1. The zero-order chi connectivity index (χ0) is 16.0. The highest BCUT2D eigenvalue weighted by molar-refractivity contribution is 6.30. The van der Waals surface area contributed by atoms with E-state index in [9.17, 15) is 9.59 Å². The number of carbonyl (C=O) groups excluding carboxylic acids is 1. The summed E-state index contributed by atoms with van der Waals surface area (Å²) in [5.74, 6) is -1.35. The fourth-order valence-corrected chi connectivity index (χ4v) is 3.10. The van der Waals surface area contributed by atoms with Crippen molar-refractivity contribution in [2.45, 2.75) is 37.6 Å². The average molecular weight is 325 g/mol. The van der Waals surface area contributed by atoms with Crippen LogP contribution < -0.4 is 10.6 Å². The quantitative estimate of drug-likeness (QED) is 0.750. The van der Waals surface area contributed by atoms with Gasteiger partial charge in [-0.3, -0.25) is 14.9 Å². The summed E-state index contributed by atoms with van der Waals surface area (Å²) in [5, 5.41) is 15.0. The third-order valence-corrected chi connectivity index (χ3v) is 4.38. The fraction of sp³-hybridized carbons (Fsp3) is 0.500. The van der Waals surface area contributed by atoms with Crippen molar-refractivity contribution < 1.29 is 14.7 Å². The molecule has 0 aromatic heterocycles. The number of halogens is 1. The van der Waals surface area contributed by atoms with Crippen LogP contribution in [-0.4, -0.2) is 30.1 Å². The third kappa shape index (κ3) is 4.45. The Hall–Kier alpha value is -1.59. The normalized spacial score (nSPS) is 17.0. The third-order valence-electron chi connectivity index (χ3n) is 4.13. The maximum absolute atomic E-state index is 11.8. The van der Waals surface area contributed by atoms with Gasteiger partial charge in [0.25, 0.3) is 0 Å². The average Bonchev–Trinajstić information content (AvgIpc) is 2.52. The second kappa shape index (κ2) is 7.61. The summed E-state index contributed by atoms with van der Waals surface area (Å²) in [4.78, 5) is 22.2. The molecule has 120 valence electrons. The molecule has 5 nitrogen and oxygen atoms in total. The maximum Gasteiger partial charge on any atom is 0.322 e. The molecule has 0 radical (unpaired) electrons. The molecule has 0 bridgehead atoms. The van der Waals surface area contributed by atoms with E-state index in [1.54, 1.807) is 0 Å². The Bertz CT molecular complexity index is 525. The second-order valence-electron chi connectivity index (χ2n) is 5.67. The molecule has 1 aromatic carbocycles. The van der Waals surface area contributed by atoms with E-state index in [-0.39, 0.29) is 24.5 Å². The summed E-state index contributed by atoms with van der Waals surface area (Å²) in [6.45, 7) is -0.246. The first-order chi connectivity index (χ1) is 10.5. The van der Waals surface area contributed by atoms with E-state index in [4.69, 9.17) is 16.7 Å². The van der Waals surface area contributed by atoms with E-state index in [0.717, 1.165) is 31.2 Å². The van der Waals surface area contributed by atoms with Gasteiger partial charge in [-0.1, -0.05) is 43.0 Å². The monoisotopic (exact) mass is 324 g/mol. The molecular formula is C16H21ClN2O3. The minimum Gasteiger partial charge on any atom is -0.480 e. The molecule has 1 aliphatic carbocycles. The Morgan fingerprint density at radius 2 is 1.73 bits per heavy atom. The molecule has 1 amide bonds. The van der Waals surface area contributed by atoms with Gasteiger partial charge in [0.15, 0.2) is 0 Å². The zero-order valence-corrected chi connectivity index (χ0v) is 13.2. The number of benzene rings is 1. The summed E-state index contributed by atoms with van der Waals surface area (Å²) in [6, 6.07) is 7.71. The number of amides is 1. The van der Waals surface area contributed by atoms with Crippen LogP contribution in [-0.2, 0) is 15.1 Å². The number of hydrogen-bond acceptors (Lipinski definition) is 3. The van der Waals surface area contributed by atoms with Crippen LogP contribution in [0, 0.1) is 0 Å². The first-order valence-corrected chi connectivity index (χ1v) is 7.89. The molecule has 0 unspecified atom stereocenters. The van der Waals surface area contributed by atoms with Gasteiger partial charge >= 0.3 is 5.97 Å². The lowest BCUT2D eigenvalue weighted by molar-refractivity contribution is -0.137. The number of nitrogens with one attached hydrogen (secondary N) is 2. The van der Waals surface area contributed by atoms with Gasteiger partial charge < -0.3 is 10.4 Å². The first kappa shape index (κ1) is 16.8. The van der Waals surface area contributed by atoms with Crippen LogP contribution in [0.3, 0.4) is 0 Å². The van der Waals surface area contributed by atoms with Crippen molar-refractivity contribution >= 4 is 23.5 Å². The SMILES string of the molecule is O=C(O)CNC(=O)CNC1(c2ccc(Cl)cc2)CCCCC1. The van der Waals surface area contributed by atoms with E-state index in [0.29, 0.717) is 5.02 Å². The number of carbonyl (C=O) groups is 2. The van der Waals surface area contributed by atoms with Gasteiger partial charge in [-0.25, -0.2) is 0 Å². The van der Waals surface area contributed by atoms with Crippen molar-refractivity contribution in [1.82, 2.24) is 10.6 Å². The largest absolute Gasteiger partial charge is 0.480 e. The maximum atomic E-state index is 11.8. The molecule has 6 heteroatoms. The van der Waals surface area contributed by atoms with E-state index in [2.05, 4.69) is 10.6 Å². The highest BCUT2D eigenvalue weighted by atomic mass is 35.5. The minimum atomic E-state index is -1.04. The standard InChI is InChI=1S/C16H21ClN2O3/c17-13-6-4-12(5-7-13)16(8-2-1-3-9-16)19-10-14(20)18-11-15(21)22/h4-7,19H,1-3,8-11H2,(H,18,20)(H,21,22). The van der Waals surface area contributed by atoms with Crippen molar-refractivity contribution in [3.05, 3.63) is 34.9 Å². The molecule has 0 spiro atoms. The number of hydrogen-bond donors (Lipinski definition) is 3. The van der Waals surface area contributed by atoms with Crippen LogP contribution in [0.1, 0.15) is 37.7 Å². The molecule has 0 heterocycles. The van der Waals surface area contributed by atoms with Gasteiger partial charge in [0.05, 0.1) is 6.54 Å². The Kier molecular flexibility index (Phi) is 5.80. The van der Waals surface area contributed by atoms with Crippen molar-refractivity contribution in [1.29, 1.82) is 0 Å². The molecule has 0 atom stereocenters. The zero-order valence-electron chi connectivity index (χ0n) is 12.4. The fourth-order valence-electron chi connectivity index (χ4n) is 2.98. The summed E-state index contributed by atoms with van der Waals surface area (Å²) in [7, 11) is 0. The topological polar surface area (TPSA) is 78.4 Å². The van der Waals surface area contributed by atoms with Crippen molar-refractivity contribution in [2.75, 3.05) is 13.1 Å². The van der Waals surface area contributed by atoms with Crippen molar-refractivity contribution in [3.63, 3.8) is 0 Å². The van der Waals surface area contributed by atoms with E-state index < -0.39 is 5.97 Å². The highest BCUT2D eigenvalue weighted by Crippen LogP contribution is 2.37. The Balaban J connectivity index is 2.04. The summed E-state index contributed by atoms with van der Waals surface area (Å²) < 4.78 is 0. The molecule has 22 heavy (non-hydrogen) atoms. The molecule has 0 saturated heterocycles. The number of carboxylic acids is 1. The molecule has 2 rings (SSSR count). The van der Waals surface area contributed by atoms with E-state index in [1.807, 2.05) is 24.3 Å². The Labute approximate surface area is 135 Å². The van der Waals surface area contributed by atoms with Crippen LogP contribution in [0.5, 0.6) is 0 Å². The summed E-state index contributed by atoms with van der Waals surface area (Å²) >= 11 is 5.95. The van der Waals surface area contributed by atoms with Gasteiger partial charge in [0.1, 0.15) is 6.54 Å². The van der Waals surface area contributed by atoms with Crippen molar-refractivity contribution in [2.24, 2.45) is 0 Å². The van der Waals surface area contributed by atoms with E-state index >= 15 is 0 Å². The van der Waals surface area contributed by atoms with Crippen molar-refractivity contribution in [3.8, 4) is 0 Å². The van der Waals surface area contributed by atoms with Crippen LogP contribution in [0.25, 0.3) is 0 Å². The lowest BCUT2D eigenvalue weighted by Crippen LogP contribution is -2.48. The molecule has 1 aliphatic rings. The minimum absolute atomic E-state index is 0.107. The Morgan fingerprint density at radius 3 is 2.32 bits per heavy atom. The summed E-state index contributed by atoms with van der Waals surface area (Å²) in [6.07, 6.45) is 5.32. The predicted molar refractivity (Wildman–Crippen MR) is 84.9 cm³/mol. The number of carboxylic acid groups (broad SMARTS) is 1. The van der Waals surface area contributed by atoms with Gasteiger partial charge in [-0.15, -0.1) is 0 Å². The van der Waals surface area contributed by atoms with Gasteiger partial charge in [-0.05, 0) is 30.5 Å². The molecule has 1 aromatic rings. The molecule has 0 aliphatic heterocycles. The van der Waals surface area contributed by atoms with Crippen LogP contribution >= 0.6 is 11.6 Å². The molecule has 3 N–H and O–H groups in total. The van der Waals surface area contributed by atoms with Gasteiger partial charge in [0.2, 0.25) is 5.91 Å². The lowest BCUT2D eigenvalue weighted by Gasteiger charge is -2.39.